The highest BCUT2D eigenvalue weighted by Crippen LogP contribution is 2.50. The zero-order chi connectivity index (χ0) is 53.6. The number of hydrogen-bond acceptors (Lipinski definition) is 6. The lowest BCUT2D eigenvalue weighted by molar-refractivity contribution is 1.26. The van der Waals surface area contributed by atoms with Gasteiger partial charge in [0.2, 0.25) is 0 Å². The minimum absolute atomic E-state index is 0.595. The highest BCUT2D eigenvalue weighted by atomic mass is 15.2. The molecule has 366 valence electrons. The van der Waals surface area contributed by atoms with Gasteiger partial charge in [-0.15, -0.1) is 0 Å². The Hall–Kier alpha value is -10.8. The van der Waals surface area contributed by atoms with Gasteiger partial charge in [0.15, 0.2) is 0 Å². The second-order valence-corrected chi connectivity index (χ2v) is 20.2. The monoisotopic (exact) mass is 996 g/mol. The molecule has 0 heterocycles. The first-order valence-corrected chi connectivity index (χ1v) is 25.8. The number of benzene rings is 12. The van der Waals surface area contributed by atoms with Crippen molar-refractivity contribution in [2.45, 2.75) is 27.7 Å². The maximum atomic E-state index is 9.73. The van der Waals surface area contributed by atoms with Crippen LogP contribution >= 0.6 is 0 Å². The van der Waals surface area contributed by atoms with E-state index >= 15 is 0 Å². The van der Waals surface area contributed by atoms with Crippen molar-refractivity contribution >= 4 is 66.4 Å². The molecule has 0 aliphatic rings. The SMILES string of the molecule is Cc1cc(C)cc(N(c2cc(-c3ccc(C#N)cc3)cc(-c3ccc(C#N)cc3)c2)c2ccc3ccc4c(N(c5cc(C)cc(C)c5)c5cc(-c6ccc(C#N)cc6)cc(-c6ccc(C#N)cc6)c5)ccc5ccc2c3c54)c1. The molecule has 0 spiro atoms. The molecular weight excluding hydrogens is 949 g/mol. The van der Waals surface area contributed by atoms with Crippen LogP contribution < -0.4 is 9.80 Å². The van der Waals surface area contributed by atoms with E-state index in [1.165, 1.54) is 0 Å². The molecule has 0 fully saturated rings. The lowest BCUT2D eigenvalue weighted by Gasteiger charge is -2.31. The van der Waals surface area contributed by atoms with Gasteiger partial charge in [-0.2, -0.15) is 21.0 Å². The van der Waals surface area contributed by atoms with Crippen molar-refractivity contribution in [1.29, 1.82) is 21.0 Å². The summed E-state index contributed by atoms with van der Waals surface area (Å²) in [7, 11) is 0. The van der Waals surface area contributed by atoms with Crippen LogP contribution in [0.15, 0.2) is 218 Å². The second-order valence-electron chi connectivity index (χ2n) is 20.2. The van der Waals surface area contributed by atoms with E-state index in [-0.39, 0.29) is 0 Å². The van der Waals surface area contributed by atoms with Crippen molar-refractivity contribution in [1.82, 2.24) is 0 Å². The maximum Gasteiger partial charge on any atom is 0.0991 e. The Labute approximate surface area is 454 Å². The molecule has 6 nitrogen and oxygen atoms in total. The Morgan fingerprint density at radius 1 is 0.256 bits per heavy atom. The molecule has 12 rings (SSSR count). The van der Waals surface area contributed by atoms with Crippen LogP contribution in [-0.4, -0.2) is 0 Å². The molecule has 0 saturated carbocycles. The van der Waals surface area contributed by atoms with Crippen molar-refractivity contribution in [3.63, 3.8) is 0 Å². The summed E-state index contributed by atoms with van der Waals surface area (Å²) in [5.74, 6) is 0. The van der Waals surface area contributed by atoms with E-state index in [2.05, 4.69) is 183 Å². The lowest BCUT2D eigenvalue weighted by Crippen LogP contribution is -2.12. The minimum atomic E-state index is 0.595. The van der Waals surface area contributed by atoms with Crippen LogP contribution in [0.25, 0.3) is 76.8 Å². The van der Waals surface area contributed by atoms with Gasteiger partial charge in [-0.3, -0.25) is 0 Å². The molecule has 0 bridgehead atoms. The van der Waals surface area contributed by atoms with Gasteiger partial charge in [0, 0.05) is 33.5 Å². The van der Waals surface area contributed by atoms with Crippen LogP contribution in [0.3, 0.4) is 0 Å². The van der Waals surface area contributed by atoms with Gasteiger partial charge < -0.3 is 9.80 Å². The van der Waals surface area contributed by atoms with Crippen molar-refractivity contribution in [2.75, 3.05) is 9.80 Å². The summed E-state index contributed by atoms with van der Waals surface area (Å²) in [6.07, 6.45) is 0. The van der Waals surface area contributed by atoms with E-state index in [1.54, 1.807) is 0 Å². The molecule has 0 unspecified atom stereocenters. The quantitative estimate of drug-likeness (QED) is 0.127. The van der Waals surface area contributed by atoms with Crippen LogP contribution in [0.4, 0.5) is 34.1 Å². The molecule has 0 aliphatic carbocycles. The first kappa shape index (κ1) is 48.2. The van der Waals surface area contributed by atoms with Crippen molar-refractivity contribution < 1.29 is 0 Å². The largest absolute Gasteiger partial charge is 0.310 e. The van der Waals surface area contributed by atoms with Gasteiger partial charge in [0.1, 0.15) is 0 Å². The number of hydrogen-bond donors (Lipinski definition) is 0. The number of aryl methyl sites for hydroxylation is 4. The van der Waals surface area contributed by atoms with Crippen molar-refractivity contribution in [2.24, 2.45) is 0 Å². The first-order valence-electron chi connectivity index (χ1n) is 25.8. The summed E-state index contributed by atoms with van der Waals surface area (Å²) >= 11 is 0. The third-order valence-electron chi connectivity index (χ3n) is 14.8. The van der Waals surface area contributed by atoms with Crippen molar-refractivity contribution in [3.8, 4) is 68.8 Å². The maximum absolute atomic E-state index is 9.73. The zero-order valence-electron chi connectivity index (χ0n) is 43.5. The molecule has 6 heteroatoms. The van der Waals surface area contributed by atoms with E-state index < -0.39 is 0 Å². The Kier molecular flexibility index (Phi) is 12.3. The summed E-state index contributed by atoms with van der Waals surface area (Å²) in [6, 6.07) is 84.8. The number of rotatable bonds is 10. The molecule has 0 atom stereocenters. The third-order valence-corrected chi connectivity index (χ3v) is 14.8. The Balaban J connectivity index is 1.11. The van der Waals surface area contributed by atoms with E-state index in [0.717, 1.165) is 133 Å². The van der Waals surface area contributed by atoms with E-state index in [9.17, 15) is 21.0 Å². The fraction of sp³-hybridized carbons (Fsp3) is 0.0556. The Bertz CT molecular complexity index is 4020. The Morgan fingerprint density at radius 2 is 0.513 bits per heavy atom. The Morgan fingerprint density at radius 3 is 0.782 bits per heavy atom. The van der Waals surface area contributed by atoms with Crippen LogP contribution in [0.2, 0.25) is 0 Å². The lowest BCUT2D eigenvalue weighted by atomic mass is 9.91. The van der Waals surface area contributed by atoms with Gasteiger partial charge in [-0.05, 0) is 237 Å². The molecule has 12 aromatic rings. The van der Waals surface area contributed by atoms with Crippen LogP contribution in [-0.2, 0) is 0 Å². The average Bonchev–Trinajstić information content (AvgIpc) is 3.67. The fourth-order valence-electron chi connectivity index (χ4n) is 11.3. The van der Waals surface area contributed by atoms with E-state index in [1.807, 2.05) is 97.1 Å². The molecule has 0 aromatic heterocycles. The first-order chi connectivity index (χ1) is 38.0. The fourth-order valence-corrected chi connectivity index (χ4v) is 11.3. The molecule has 0 aliphatic heterocycles. The second kappa shape index (κ2) is 19.8. The van der Waals surface area contributed by atoms with E-state index in [0.29, 0.717) is 22.3 Å². The molecule has 0 N–H and O–H groups in total. The van der Waals surface area contributed by atoms with Gasteiger partial charge >= 0.3 is 0 Å². The minimum Gasteiger partial charge on any atom is -0.310 e. The average molecular weight is 997 g/mol. The highest BCUT2D eigenvalue weighted by molar-refractivity contribution is 6.28. The molecule has 0 amide bonds. The summed E-state index contributed by atoms with van der Waals surface area (Å²) in [5.41, 5.74) is 20.8. The van der Waals surface area contributed by atoms with Crippen LogP contribution in [0, 0.1) is 73.0 Å². The predicted octanol–water partition coefficient (Wildman–Crippen LogP) is 18.9. The molecule has 12 aromatic carbocycles. The summed E-state index contributed by atoms with van der Waals surface area (Å²) < 4.78 is 0. The van der Waals surface area contributed by atoms with Gasteiger partial charge in [0.05, 0.1) is 57.9 Å². The molecule has 78 heavy (non-hydrogen) atoms. The van der Waals surface area contributed by atoms with Gasteiger partial charge in [0.25, 0.3) is 0 Å². The standard InChI is InChI=1S/C72H48N6/c1-45-29-46(2)32-63(31-45)77(65-37-59(53-13-5-49(41-73)6-14-53)35-60(38-65)54-15-7-50(42-74)8-16-54)69-27-23-57-22-26-68-70(28-24-58-21-25-67(69)71(57)72(58)68)78(64-33-47(3)30-48(4)34-64)66-39-61(55-17-9-51(43-75)10-18-55)36-62(40-66)56-19-11-52(44-76)12-20-56/h5-40H,1-4H3. The highest BCUT2D eigenvalue weighted by Gasteiger charge is 2.24. The predicted molar refractivity (Wildman–Crippen MR) is 319 cm³/mol. The normalized spacial score (nSPS) is 11.0. The number of nitriles is 4. The van der Waals surface area contributed by atoms with E-state index in [4.69, 9.17) is 0 Å². The summed E-state index contributed by atoms with van der Waals surface area (Å²) in [4.78, 5) is 4.77. The number of anilines is 6. The third kappa shape index (κ3) is 8.97. The van der Waals surface area contributed by atoms with Gasteiger partial charge in [-0.1, -0.05) is 97.1 Å². The van der Waals surface area contributed by atoms with Crippen LogP contribution in [0.1, 0.15) is 44.5 Å². The summed E-state index contributed by atoms with van der Waals surface area (Å²) in [6.45, 7) is 8.57. The smallest absolute Gasteiger partial charge is 0.0991 e. The summed E-state index contributed by atoms with van der Waals surface area (Å²) in [5, 5.41) is 45.7. The topological polar surface area (TPSA) is 102 Å². The molecule has 0 radical (unpaired) electrons. The van der Waals surface area contributed by atoms with Crippen molar-refractivity contribution in [3.05, 3.63) is 263 Å². The molecular formula is C72H48N6. The number of nitrogens with zero attached hydrogens (tertiary/aromatic N) is 6. The van der Waals surface area contributed by atoms with Crippen LogP contribution in [0.5, 0.6) is 0 Å². The molecule has 0 saturated heterocycles. The van der Waals surface area contributed by atoms with Gasteiger partial charge in [-0.25, -0.2) is 0 Å². The zero-order valence-corrected chi connectivity index (χ0v) is 43.5.